The SMILES string of the molecule is CC(=O)c1coc2cc(CO)ccc12. The van der Waals surface area contributed by atoms with Crippen molar-refractivity contribution in [3.05, 3.63) is 35.6 Å². The van der Waals surface area contributed by atoms with E-state index < -0.39 is 0 Å². The van der Waals surface area contributed by atoms with Crippen molar-refractivity contribution in [3.63, 3.8) is 0 Å². The lowest BCUT2D eigenvalue weighted by atomic mass is 10.1. The highest BCUT2D eigenvalue weighted by Gasteiger charge is 2.09. The van der Waals surface area contributed by atoms with Gasteiger partial charge in [0, 0.05) is 5.39 Å². The van der Waals surface area contributed by atoms with E-state index in [1.807, 2.05) is 0 Å². The van der Waals surface area contributed by atoms with Crippen molar-refractivity contribution in [2.24, 2.45) is 0 Å². The Kier molecular flexibility index (Phi) is 2.09. The van der Waals surface area contributed by atoms with Gasteiger partial charge in [0.25, 0.3) is 0 Å². The Labute approximate surface area is 81.0 Å². The van der Waals surface area contributed by atoms with Crippen LogP contribution in [0.4, 0.5) is 0 Å². The maximum atomic E-state index is 11.2. The van der Waals surface area contributed by atoms with E-state index >= 15 is 0 Å². The Morgan fingerprint density at radius 1 is 1.50 bits per heavy atom. The molecule has 0 aliphatic heterocycles. The van der Waals surface area contributed by atoms with Crippen LogP contribution in [-0.2, 0) is 6.61 Å². The number of benzene rings is 1. The first-order chi connectivity index (χ1) is 6.72. The monoisotopic (exact) mass is 190 g/mol. The van der Waals surface area contributed by atoms with Gasteiger partial charge in [-0.25, -0.2) is 0 Å². The molecule has 1 heterocycles. The van der Waals surface area contributed by atoms with Crippen LogP contribution in [0.15, 0.2) is 28.9 Å². The number of Topliss-reactive ketones (excluding diaryl/α,β-unsaturated/α-hetero) is 1. The lowest BCUT2D eigenvalue weighted by molar-refractivity contribution is 0.101. The zero-order chi connectivity index (χ0) is 10.1. The summed E-state index contributed by atoms with van der Waals surface area (Å²) in [5.41, 5.74) is 2.01. The van der Waals surface area contributed by atoms with Crippen molar-refractivity contribution in [2.45, 2.75) is 13.5 Å². The van der Waals surface area contributed by atoms with Crippen molar-refractivity contribution in [1.29, 1.82) is 0 Å². The lowest BCUT2D eigenvalue weighted by Crippen LogP contribution is -1.89. The van der Waals surface area contributed by atoms with Gasteiger partial charge in [-0.05, 0) is 18.6 Å². The van der Waals surface area contributed by atoms with E-state index in [-0.39, 0.29) is 12.4 Å². The number of hydrogen-bond acceptors (Lipinski definition) is 3. The molecule has 14 heavy (non-hydrogen) atoms. The summed E-state index contributed by atoms with van der Waals surface area (Å²) >= 11 is 0. The van der Waals surface area contributed by atoms with Gasteiger partial charge in [0.05, 0.1) is 12.2 Å². The number of carbonyl (C=O) groups excluding carboxylic acids is 1. The highest BCUT2D eigenvalue weighted by atomic mass is 16.3. The summed E-state index contributed by atoms with van der Waals surface area (Å²) in [6.45, 7) is 1.48. The van der Waals surface area contributed by atoms with Crippen LogP contribution in [0.25, 0.3) is 11.0 Å². The van der Waals surface area contributed by atoms with Gasteiger partial charge in [-0.2, -0.15) is 0 Å². The van der Waals surface area contributed by atoms with E-state index in [4.69, 9.17) is 9.52 Å². The molecule has 72 valence electrons. The van der Waals surface area contributed by atoms with E-state index in [2.05, 4.69) is 0 Å². The molecule has 0 radical (unpaired) electrons. The van der Waals surface area contributed by atoms with Gasteiger partial charge in [0.2, 0.25) is 0 Å². The molecule has 0 fully saturated rings. The number of hydrogen-bond donors (Lipinski definition) is 1. The number of aliphatic hydroxyl groups is 1. The normalized spacial score (nSPS) is 10.7. The molecule has 0 saturated heterocycles. The number of furan rings is 1. The maximum Gasteiger partial charge on any atom is 0.163 e. The van der Waals surface area contributed by atoms with Gasteiger partial charge in [-0.1, -0.05) is 12.1 Å². The second kappa shape index (κ2) is 3.27. The molecule has 0 atom stereocenters. The minimum Gasteiger partial charge on any atom is -0.464 e. The van der Waals surface area contributed by atoms with Gasteiger partial charge in [-0.3, -0.25) is 4.79 Å². The highest BCUT2D eigenvalue weighted by molar-refractivity contribution is 6.05. The van der Waals surface area contributed by atoms with Gasteiger partial charge in [0.15, 0.2) is 5.78 Å². The summed E-state index contributed by atoms with van der Waals surface area (Å²) in [4.78, 5) is 11.2. The largest absolute Gasteiger partial charge is 0.464 e. The molecule has 0 amide bonds. The zero-order valence-electron chi connectivity index (χ0n) is 7.78. The third kappa shape index (κ3) is 1.32. The van der Waals surface area contributed by atoms with Crippen molar-refractivity contribution in [2.75, 3.05) is 0 Å². The molecule has 0 aliphatic carbocycles. The molecule has 3 nitrogen and oxygen atoms in total. The Morgan fingerprint density at radius 2 is 2.29 bits per heavy atom. The van der Waals surface area contributed by atoms with Crippen molar-refractivity contribution >= 4 is 16.8 Å². The fourth-order valence-corrected chi connectivity index (χ4v) is 1.44. The van der Waals surface area contributed by atoms with Gasteiger partial charge in [0.1, 0.15) is 11.8 Å². The molecule has 0 aliphatic rings. The molecule has 0 bridgehead atoms. The predicted octanol–water partition coefficient (Wildman–Crippen LogP) is 2.13. The number of ketones is 1. The standard InChI is InChI=1S/C11H10O3/c1-7(13)10-6-14-11-4-8(5-12)2-3-9(10)11/h2-4,6,12H,5H2,1H3. The molecule has 0 saturated carbocycles. The summed E-state index contributed by atoms with van der Waals surface area (Å²) < 4.78 is 5.22. The van der Waals surface area contributed by atoms with E-state index in [1.54, 1.807) is 18.2 Å². The molecule has 0 spiro atoms. The summed E-state index contributed by atoms with van der Waals surface area (Å²) in [5.74, 6) is -0.0134. The average Bonchev–Trinajstić information content (AvgIpc) is 2.59. The maximum absolute atomic E-state index is 11.2. The van der Waals surface area contributed by atoms with Crippen molar-refractivity contribution in [1.82, 2.24) is 0 Å². The van der Waals surface area contributed by atoms with E-state index in [1.165, 1.54) is 13.2 Å². The number of carbonyl (C=O) groups is 1. The Bertz CT molecular complexity index is 482. The van der Waals surface area contributed by atoms with Gasteiger partial charge >= 0.3 is 0 Å². The first-order valence-corrected chi connectivity index (χ1v) is 4.34. The Balaban J connectivity index is 2.65. The molecular formula is C11H10O3. The second-order valence-corrected chi connectivity index (χ2v) is 3.19. The summed E-state index contributed by atoms with van der Waals surface area (Å²) in [6, 6.07) is 5.31. The summed E-state index contributed by atoms with van der Waals surface area (Å²) in [5, 5.41) is 9.71. The molecule has 2 rings (SSSR count). The van der Waals surface area contributed by atoms with Crippen LogP contribution in [0.2, 0.25) is 0 Å². The third-order valence-corrected chi connectivity index (χ3v) is 2.20. The number of aliphatic hydroxyl groups excluding tert-OH is 1. The van der Waals surface area contributed by atoms with E-state index in [0.29, 0.717) is 11.1 Å². The molecular weight excluding hydrogens is 180 g/mol. The molecule has 1 N–H and O–H groups in total. The highest BCUT2D eigenvalue weighted by Crippen LogP contribution is 2.22. The van der Waals surface area contributed by atoms with E-state index in [0.717, 1.165) is 10.9 Å². The first-order valence-electron chi connectivity index (χ1n) is 4.34. The third-order valence-electron chi connectivity index (χ3n) is 2.20. The van der Waals surface area contributed by atoms with Gasteiger partial charge in [-0.15, -0.1) is 0 Å². The molecule has 3 heteroatoms. The minimum atomic E-state index is -0.0218. The topological polar surface area (TPSA) is 50.4 Å². The smallest absolute Gasteiger partial charge is 0.163 e. The van der Waals surface area contributed by atoms with Crippen LogP contribution in [0.1, 0.15) is 22.8 Å². The molecule has 0 unspecified atom stereocenters. The first kappa shape index (κ1) is 8.97. The second-order valence-electron chi connectivity index (χ2n) is 3.19. The average molecular weight is 190 g/mol. The van der Waals surface area contributed by atoms with Gasteiger partial charge < -0.3 is 9.52 Å². The van der Waals surface area contributed by atoms with Crippen LogP contribution >= 0.6 is 0 Å². The Morgan fingerprint density at radius 3 is 2.93 bits per heavy atom. The lowest BCUT2D eigenvalue weighted by Gasteiger charge is -1.95. The number of fused-ring (bicyclic) bond motifs is 1. The van der Waals surface area contributed by atoms with Crippen LogP contribution < -0.4 is 0 Å². The molecule has 1 aromatic heterocycles. The quantitative estimate of drug-likeness (QED) is 0.738. The van der Waals surface area contributed by atoms with Crippen molar-refractivity contribution < 1.29 is 14.3 Å². The van der Waals surface area contributed by atoms with Crippen LogP contribution in [0.3, 0.4) is 0 Å². The number of rotatable bonds is 2. The van der Waals surface area contributed by atoms with Crippen LogP contribution in [-0.4, -0.2) is 10.9 Å². The molecule has 2 aromatic rings. The summed E-state index contributed by atoms with van der Waals surface area (Å²) in [7, 11) is 0. The minimum absolute atomic E-state index is 0.0134. The fourth-order valence-electron chi connectivity index (χ4n) is 1.44. The summed E-state index contributed by atoms with van der Waals surface area (Å²) in [6.07, 6.45) is 1.45. The van der Waals surface area contributed by atoms with Crippen LogP contribution in [0.5, 0.6) is 0 Å². The predicted molar refractivity (Wildman–Crippen MR) is 52.1 cm³/mol. The Hall–Kier alpha value is -1.61. The molecule has 1 aromatic carbocycles. The fraction of sp³-hybridized carbons (Fsp3) is 0.182. The van der Waals surface area contributed by atoms with E-state index in [9.17, 15) is 4.79 Å². The van der Waals surface area contributed by atoms with Crippen molar-refractivity contribution in [3.8, 4) is 0 Å². The van der Waals surface area contributed by atoms with Crippen LogP contribution in [0, 0.1) is 0 Å². The zero-order valence-corrected chi connectivity index (χ0v) is 7.78.